The molecule has 0 aromatic carbocycles. The molecule has 0 fully saturated rings. The lowest BCUT2D eigenvalue weighted by atomic mass is 10.5. The average molecular weight is 201 g/mol. The minimum atomic E-state index is -0.287. The molecule has 0 unspecified atom stereocenters. The van der Waals surface area contributed by atoms with Gasteiger partial charge in [0.15, 0.2) is 16.8 Å². The Morgan fingerprint density at radius 1 is 1.77 bits per heavy atom. The number of Topliss-reactive ketones (excluding diaryl/α,β-unsaturated/α-hetero) is 1. The zero-order valence-corrected chi connectivity index (χ0v) is 8.04. The quantitative estimate of drug-likeness (QED) is 0.584. The summed E-state index contributed by atoms with van der Waals surface area (Å²) in [7, 11) is 1.78. The molecule has 13 heavy (non-hydrogen) atoms. The first-order chi connectivity index (χ1) is 6.09. The van der Waals surface area contributed by atoms with Gasteiger partial charge in [-0.3, -0.25) is 14.9 Å². The van der Waals surface area contributed by atoms with E-state index >= 15 is 0 Å². The first-order valence-corrected chi connectivity index (χ1v) is 3.97. The summed E-state index contributed by atoms with van der Waals surface area (Å²) in [5.41, 5.74) is 2.55. The van der Waals surface area contributed by atoms with Crippen molar-refractivity contribution in [2.75, 3.05) is 5.43 Å². The molecule has 5 nitrogen and oxygen atoms in total. The highest BCUT2D eigenvalue weighted by atomic mass is 35.5. The van der Waals surface area contributed by atoms with E-state index in [1.807, 2.05) is 0 Å². The molecule has 0 bridgehead atoms. The number of aromatic nitrogens is 2. The van der Waals surface area contributed by atoms with E-state index in [1.54, 1.807) is 24.0 Å². The Labute approximate surface area is 80.4 Å². The van der Waals surface area contributed by atoms with Crippen LogP contribution >= 0.6 is 11.6 Å². The smallest absolute Gasteiger partial charge is 0.192 e. The molecule has 0 radical (unpaired) electrons. The zero-order chi connectivity index (χ0) is 9.84. The third kappa shape index (κ3) is 2.87. The molecule has 0 aliphatic heterocycles. The van der Waals surface area contributed by atoms with Gasteiger partial charge in [0, 0.05) is 26.2 Å². The van der Waals surface area contributed by atoms with Crippen LogP contribution in [0.5, 0.6) is 0 Å². The van der Waals surface area contributed by atoms with Crippen molar-refractivity contribution in [3.05, 3.63) is 12.3 Å². The van der Waals surface area contributed by atoms with Crippen molar-refractivity contribution in [3.63, 3.8) is 0 Å². The number of anilines is 1. The molecule has 1 N–H and O–H groups in total. The number of carbonyl (C=O) groups is 1. The van der Waals surface area contributed by atoms with Gasteiger partial charge in [0.25, 0.3) is 0 Å². The second-order valence-electron chi connectivity index (χ2n) is 2.45. The van der Waals surface area contributed by atoms with Crippen LogP contribution in [-0.2, 0) is 11.8 Å². The van der Waals surface area contributed by atoms with Gasteiger partial charge in [-0.1, -0.05) is 11.6 Å². The number of hydrogen-bond donors (Lipinski definition) is 1. The van der Waals surface area contributed by atoms with Gasteiger partial charge in [-0.05, 0) is 0 Å². The van der Waals surface area contributed by atoms with E-state index in [0.717, 1.165) is 0 Å². The van der Waals surface area contributed by atoms with E-state index in [1.165, 1.54) is 6.92 Å². The van der Waals surface area contributed by atoms with Crippen molar-refractivity contribution < 1.29 is 4.79 Å². The lowest BCUT2D eigenvalue weighted by Gasteiger charge is -1.94. The maximum absolute atomic E-state index is 10.6. The van der Waals surface area contributed by atoms with Crippen molar-refractivity contribution in [1.29, 1.82) is 0 Å². The van der Waals surface area contributed by atoms with E-state index in [2.05, 4.69) is 15.6 Å². The van der Waals surface area contributed by atoms with Crippen molar-refractivity contribution in [2.24, 2.45) is 12.1 Å². The maximum Gasteiger partial charge on any atom is 0.192 e. The van der Waals surface area contributed by atoms with Crippen LogP contribution in [0.3, 0.4) is 0 Å². The molecule has 0 amide bonds. The molecule has 1 heterocycles. The van der Waals surface area contributed by atoms with Gasteiger partial charge in [-0.15, -0.1) is 0 Å². The number of halogens is 1. The second kappa shape index (κ2) is 4.04. The largest absolute Gasteiger partial charge is 0.292 e. The molecule has 1 aromatic rings. The Morgan fingerprint density at radius 2 is 2.46 bits per heavy atom. The Morgan fingerprint density at radius 3 is 2.92 bits per heavy atom. The average Bonchev–Trinajstić information content (AvgIpc) is 2.47. The van der Waals surface area contributed by atoms with Gasteiger partial charge >= 0.3 is 0 Å². The normalized spacial score (nSPS) is 11.5. The summed E-state index contributed by atoms with van der Waals surface area (Å²) in [4.78, 5) is 10.6. The second-order valence-corrected chi connectivity index (χ2v) is 2.80. The Bertz CT molecular complexity index is 344. The van der Waals surface area contributed by atoms with Crippen LogP contribution in [0, 0.1) is 0 Å². The molecule has 70 valence electrons. The zero-order valence-electron chi connectivity index (χ0n) is 7.28. The number of rotatable bonds is 3. The summed E-state index contributed by atoms with van der Waals surface area (Å²) >= 11 is 5.48. The number of carbonyl (C=O) groups excluding carboxylic acids is 1. The third-order valence-electron chi connectivity index (χ3n) is 1.27. The number of nitrogens with zero attached hydrogens (tertiary/aromatic N) is 3. The molecule has 1 rings (SSSR count). The standard InChI is InChI=1S/C7H9ClN4O/c1-5(13)7(8)10-9-6-3-4-12(2)11-6/h3-4H,1-2H3,(H,9,11)/b10-7-. The molecule has 1 aromatic heterocycles. The number of nitrogens with one attached hydrogen (secondary N) is 1. The summed E-state index contributed by atoms with van der Waals surface area (Å²) in [6.07, 6.45) is 1.75. The Kier molecular flexibility index (Phi) is 3.02. The van der Waals surface area contributed by atoms with Gasteiger partial charge in [-0.25, -0.2) is 0 Å². The van der Waals surface area contributed by atoms with E-state index < -0.39 is 0 Å². The van der Waals surface area contributed by atoms with Crippen LogP contribution in [0.1, 0.15) is 6.92 Å². The number of hydrazone groups is 1. The van der Waals surface area contributed by atoms with Gasteiger partial charge < -0.3 is 0 Å². The molecule has 0 saturated carbocycles. The van der Waals surface area contributed by atoms with E-state index in [9.17, 15) is 4.79 Å². The van der Waals surface area contributed by atoms with Crippen molar-refractivity contribution in [1.82, 2.24) is 9.78 Å². The SMILES string of the molecule is CC(=O)/C(Cl)=N/Nc1ccn(C)n1. The first-order valence-electron chi connectivity index (χ1n) is 3.59. The summed E-state index contributed by atoms with van der Waals surface area (Å²) in [5.74, 6) is 0.256. The van der Waals surface area contributed by atoms with Crippen LogP contribution < -0.4 is 5.43 Å². The van der Waals surface area contributed by atoms with E-state index in [-0.39, 0.29) is 11.0 Å². The van der Waals surface area contributed by atoms with Crippen LogP contribution in [0.25, 0.3) is 0 Å². The predicted molar refractivity (Wildman–Crippen MR) is 50.8 cm³/mol. The molecular weight excluding hydrogens is 192 g/mol. The molecular formula is C7H9ClN4O. The Balaban J connectivity index is 2.61. The van der Waals surface area contributed by atoms with Gasteiger partial charge in [0.1, 0.15) is 0 Å². The highest BCUT2D eigenvalue weighted by Crippen LogP contribution is 2.01. The monoisotopic (exact) mass is 200 g/mol. The molecule has 0 spiro atoms. The van der Waals surface area contributed by atoms with Crippen molar-refractivity contribution >= 4 is 28.4 Å². The van der Waals surface area contributed by atoms with E-state index in [4.69, 9.17) is 11.6 Å². The Hall–Kier alpha value is -1.36. The molecule has 6 heteroatoms. The third-order valence-corrected chi connectivity index (χ3v) is 1.62. The summed E-state index contributed by atoms with van der Waals surface area (Å²) in [6.45, 7) is 1.34. The maximum atomic E-state index is 10.6. The summed E-state index contributed by atoms with van der Waals surface area (Å²) < 4.78 is 1.61. The molecule has 0 atom stereocenters. The van der Waals surface area contributed by atoms with Crippen LogP contribution in [0.2, 0.25) is 0 Å². The van der Waals surface area contributed by atoms with Crippen LogP contribution in [-0.4, -0.2) is 20.7 Å². The lowest BCUT2D eigenvalue weighted by molar-refractivity contribution is -0.110. The predicted octanol–water partition coefficient (Wildman–Crippen LogP) is 0.973. The molecule has 0 aliphatic carbocycles. The molecule has 0 saturated heterocycles. The van der Waals surface area contributed by atoms with E-state index in [0.29, 0.717) is 5.82 Å². The minimum absolute atomic E-state index is 0.0920. The van der Waals surface area contributed by atoms with Gasteiger partial charge in [0.05, 0.1) is 0 Å². The highest BCUT2D eigenvalue weighted by Gasteiger charge is 2.00. The number of hydrogen-bond acceptors (Lipinski definition) is 4. The van der Waals surface area contributed by atoms with Gasteiger partial charge in [-0.2, -0.15) is 10.2 Å². The highest BCUT2D eigenvalue weighted by molar-refractivity contribution is 6.82. The summed E-state index contributed by atoms with van der Waals surface area (Å²) in [6, 6.07) is 1.72. The van der Waals surface area contributed by atoms with Crippen molar-refractivity contribution in [3.8, 4) is 0 Å². The lowest BCUT2D eigenvalue weighted by Crippen LogP contribution is -2.04. The van der Waals surface area contributed by atoms with Crippen LogP contribution in [0.15, 0.2) is 17.4 Å². The van der Waals surface area contributed by atoms with Crippen molar-refractivity contribution in [2.45, 2.75) is 6.92 Å². The number of aryl methyl sites for hydroxylation is 1. The summed E-state index contributed by atoms with van der Waals surface area (Å²) in [5, 5.41) is 7.49. The minimum Gasteiger partial charge on any atom is -0.292 e. The number of ketones is 1. The topological polar surface area (TPSA) is 59.3 Å². The van der Waals surface area contributed by atoms with Gasteiger partial charge in [0.2, 0.25) is 0 Å². The fourth-order valence-electron chi connectivity index (χ4n) is 0.660. The first kappa shape index (κ1) is 9.73. The fourth-order valence-corrected chi connectivity index (χ4v) is 0.702. The fraction of sp³-hybridized carbons (Fsp3) is 0.286. The molecule has 0 aliphatic rings. The van der Waals surface area contributed by atoms with Crippen LogP contribution in [0.4, 0.5) is 5.82 Å².